The Labute approximate surface area is 142 Å². The van der Waals surface area contributed by atoms with Crippen LogP contribution in [0.3, 0.4) is 0 Å². The van der Waals surface area contributed by atoms with Crippen LogP contribution in [0.1, 0.15) is 11.5 Å². The monoisotopic (exact) mass is 373 g/mol. The van der Waals surface area contributed by atoms with Crippen molar-refractivity contribution in [2.75, 3.05) is 0 Å². The molecule has 0 atom stereocenters. The van der Waals surface area contributed by atoms with Crippen LogP contribution in [0.5, 0.6) is 0 Å². The summed E-state index contributed by atoms with van der Waals surface area (Å²) in [7, 11) is 0. The molecule has 0 bridgehead atoms. The van der Waals surface area contributed by atoms with Crippen molar-refractivity contribution in [1.82, 2.24) is 14.7 Å². The van der Waals surface area contributed by atoms with E-state index in [0.717, 1.165) is 12.1 Å². The van der Waals surface area contributed by atoms with Gasteiger partial charge in [-0.05, 0) is 18.2 Å². The molecule has 0 unspecified atom stereocenters. The van der Waals surface area contributed by atoms with E-state index >= 15 is 0 Å². The largest absolute Gasteiger partial charge is 0.471 e. The van der Waals surface area contributed by atoms with E-state index in [1.165, 1.54) is 29.0 Å². The highest BCUT2D eigenvalue weighted by Gasteiger charge is 2.38. The Kier molecular flexibility index (Phi) is 4.34. The number of hydrogen-bond acceptors (Lipinski definition) is 4. The van der Waals surface area contributed by atoms with Crippen molar-refractivity contribution in [2.45, 2.75) is 12.7 Å². The SMILES string of the molecule is O=c1cc(-c2noc(C(F)(F)F)n2)ccn1Cc1ccc(Cl)cc1F. The van der Waals surface area contributed by atoms with Crippen LogP contribution in [0.4, 0.5) is 17.6 Å². The first-order valence-electron chi connectivity index (χ1n) is 6.80. The van der Waals surface area contributed by atoms with E-state index < -0.39 is 23.4 Å². The zero-order valence-corrected chi connectivity index (χ0v) is 13.0. The standard InChI is InChI=1S/C15H8ClF4N3O2/c16-10-2-1-9(11(17)6-10)7-23-4-3-8(5-12(23)24)13-21-14(25-22-13)15(18,19)20/h1-6H,7H2. The molecule has 130 valence electrons. The van der Waals surface area contributed by atoms with Crippen LogP contribution < -0.4 is 5.56 Å². The van der Waals surface area contributed by atoms with E-state index in [4.69, 9.17) is 11.6 Å². The molecule has 10 heteroatoms. The summed E-state index contributed by atoms with van der Waals surface area (Å²) >= 11 is 5.66. The van der Waals surface area contributed by atoms with Gasteiger partial charge in [0.05, 0.1) is 6.54 Å². The maximum Gasteiger partial charge on any atom is 0.471 e. The number of benzene rings is 1. The van der Waals surface area contributed by atoms with Gasteiger partial charge in [0.25, 0.3) is 5.56 Å². The predicted molar refractivity (Wildman–Crippen MR) is 79.5 cm³/mol. The number of alkyl halides is 3. The second-order valence-electron chi connectivity index (χ2n) is 5.04. The average molecular weight is 374 g/mol. The molecule has 2 aromatic heterocycles. The molecule has 0 saturated heterocycles. The Morgan fingerprint density at radius 3 is 2.56 bits per heavy atom. The van der Waals surface area contributed by atoms with Gasteiger partial charge in [0.15, 0.2) is 0 Å². The van der Waals surface area contributed by atoms with Gasteiger partial charge in [0.2, 0.25) is 5.82 Å². The molecule has 2 heterocycles. The first kappa shape index (κ1) is 17.2. The average Bonchev–Trinajstić information content (AvgIpc) is 3.02. The normalized spacial score (nSPS) is 11.7. The van der Waals surface area contributed by atoms with Gasteiger partial charge in [-0.1, -0.05) is 22.8 Å². The van der Waals surface area contributed by atoms with Crippen LogP contribution in [0.15, 0.2) is 45.8 Å². The quantitative estimate of drug-likeness (QED) is 0.656. The van der Waals surface area contributed by atoms with E-state index in [1.807, 2.05) is 0 Å². The molecule has 0 aliphatic carbocycles. The van der Waals surface area contributed by atoms with Crippen LogP contribution >= 0.6 is 11.6 Å². The topological polar surface area (TPSA) is 60.9 Å². The third kappa shape index (κ3) is 3.71. The number of nitrogens with zero attached hydrogens (tertiary/aromatic N) is 3. The van der Waals surface area contributed by atoms with Gasteiger partial charge >= 0.3 is 12.1 Å². The van der Waals surface area contributed by atoms with Crippen LogP contribution in [-0.2, 0) is 12.7 Å². The van der Waals surface area contributed by atoms with Gasteiger partial charge in [-0.25, -0.2) is 4.39 Å². The Hall–Kier alpha value is -2.68. The molecular formula is C15H8ClF4N3O2. The van der Waals surface area contributed by atoms with Gasteiger partial charge in [-0.2, -0.15) is 18.2 Å². The summed E-state index contributed by atoms with van der Waals surface area (Å²) < 4.78 is 56.5. The minimum absolute atomic E-state index is 0.0529. The summed E-state index contributed by atoms with van der Waals surface area (Å²) in [5.74, 6) is -2.44. The molecule has 1 aromatic carbocycles. The lowest BCUT2D eigenvalue weighted by molar-refractivity contribution is -0.159. The molecule has 0 aliphatic heterocycles. The molecular weight excluding hydrogens is 366 g/mol. The van der Waals surface area contributed by atoms with Gasteiger partial charge in [0, 0.05) is 28.4 Å². The molecule has 5 nitrogen and oxygen atoms in total. The molecule has 0 fully saturated rings. The van der Waals surface area contributed by atoms with Crippen molar-refractivity contribution in [1.29, 1.82) is 0 Å². The Morgan fingerprint density at radius 1 is 1.20 bits per heavy atom. The van der Waals surface area contributed by atoms with Gasteiger partial charge in [0.1, 0.15) is 5.82 Å². The summed E-state index contributed by atoms with van der Waals surface area (Å²) in [5, 5.41) is 3.43. The predicted octanol–water partition coefficient (Wildman–Crippen LogP) is 3.76. The van der Waals surface area contributed by atoms with E-state index in [0.29, 0.717) is 0 Å². The minimum atomic E-state index is -4.77. The van der Waals surface area contributed by atoms with Gasteiger partial charge in [-0.15, -0.1) is 0 Å². The Bertz CT molecular complexity index is 981. The van der Waals surface area contributed by atoms with Gasteiger partial charge in [-0.3, -0.25) is 4.79 Å². The van der Waals surface area contributed by atoms with Crippen molar-refractivity contribution < 1.29 is 22.1 Å². The second kappa shape index (κ2) is 6.32. The number of halogens is 5. The summed E-state index contributed by atoms with van der Waals surface area (Å²) in [5.41, 5.74) is -0.277. The maximum atomic E-state index is 13.8. The summed E-state index contributed by atoms with van der Waals surface area (Å²) in [6.45, 7) is -0.0673. The van der Waals surface area contributed by atoms with Crippen LogP contribution in [0.25, 0.3) is 11.4 Å². The molecule has 0 N–H and O–H groups in total. The molecule has 0 amide bonds. The molecule has 0 aliphatic rings. The zero-order valence-electron chi connectivity index (χ0n) is 12.2. The third-order valence-electron chi connectivity index (χ3n) is 3.28. The second-order valence-corrected chi connectivity index (χ2v) is 5.47. The fraction of sp³-hybridized carbons (Fsp3) is 0.133. The lowest BCUT2D eigenvalue weighted by Crippen LogP contribution is -2.19. The number of aromatic nitrogens is 3. The van der Waals surface area contributed by atoms with E-state index in [-0.39, 0.29) is 28.5 Å². The highest BCUT2D eigenvalue weighted by atomic mass is 35.5. The van der Waals surface area contributed by atoms with Crippen molar-refractivity contribution in [2.24, 2.45) is 0 Å². The molecule has 0 spiro atoms. The number of rotatable bonds is 3. The number of pyridine rings is 1. The molecule has 0 saturated carbocycles. The van der Waals surface area contributed by atoms with Gasteiger partial charge < -0.3 is 9.09 Å². The van der Waals surface area contributed by atoms with Crippen molar-refractivity contribution in [3.8, 4) is 11.4 Å². The van der Waals surface area contributed by atoms with E-state index in [9.17, 15) is 22.4 Å². The fourth-order valence-corrected chi connectivity index (χ4v) is 2.23. The molecule has 0 radical (unpaired) electrons. The first-order valence-corrected chi connectivity index (χ1v) is 7.17. The highest BCUT2D eigenvalue weighted by molar-refractivity contribution is 6.30. The molecule has 3 aromatic rings. The summed E-state index contributed by atoms with van der Waals surface area (Å²) in [6.07, 6.45) is -3.47. The third-order valence-corrected chi connectivity index (χ3v) is 3.51. The van der Waals surface area contributed by atoms with Crippen molar-refractivity contribution in [3.63, 3.8) is 0 Å². The lowest BCUT2D eigenvalue weighted by atomic mass is 10.2. The maximum absolute atomic E-state index is 13.8. The Morgan fingerprint density at radius 2 is 1.96 bits per heavy atom. The molecule has 3 rings (SSSR count). The van der Waals surface area contributed by atoms with Crippen molar-refractivity contribution >= 4 is 11.6 Å². The van der Waals surface area contributed by atoms with Crippen LogP contribution in [0.2, 0.25) is 5.02 Å². The minimum Gasteiger partial charge on any atom is -0.329 e. The summed E-state index contributed by atoms with van der Waals surface area (Å²) in [6, 6.07) is 6.41. The lowest BCUT2D eigenvalue weighted by Gasteiger charge is -2.07. The first-order chi connectivity index (χ1) is 11.7. The van der Waals surface area contributed by atoms with Crippen LogP contribution in [-0.4, -0.2) is 14.7 Å². The zero-order chi connectivity index (χ0) is 18.2. The Balaban J connectivity index is 1.88. The smallest absolute Gasteiger partial charge is 0.329 e. The highest BCUT2D eigenvalue weighted by Crippen LogP contribution is 2.29. The van der Waals surface area contributed by atoms with E-state index in [2.05, 4.69) is 14.7 Å². The van der Waals surface area contributed by atoms with Crippen LogP contribution in [0, 0.1) is 5.82 Å². The molecule has 25 heavy (non-hydrogen) atoms. The van der Waals surface area contributed by atoms with E-state index in [1.54, 1.807) is 0 Å². The number of hydrogen-bond donors (Lipinski definition) is 0. The van der Waals surface area contributed by atoms with Crippen molar-refractivity contribution in [3.05, 3.63) is 69.2 Å². The summed E-state index contributed by atoms with van der Waals surface area (Å²) in [4.78, 5) is 15.3. The fourth-order valence-electron chi connectivity index (χ4n) is 2.07.